The summed E-state index contributed by atoms with van der Waals surface area (Å²) in [5.41, 5.74) is -1.14. The summed E-state index contributed by atoms with van der Waals surface area (Å²) in [6.07, 6.45) is 0. The summed E-state index contributed by atoms with van der Waals surface area (Å²) in [6, 6.07) is 11.9. The van der Waals surface area contributed by atoms with E-state index in [1.807, 2.05) is 0 Å². The second-order valence-corrected chi connectivity index (χ2v) is 6.74. The summed E-state index contributed by atoms with van der Waals surface area (Å²) in [4.78, 5) is 45.3. The Kier molecular flexibility index (Phi) is 6.40. The average Bonchev–Trinajstić information content (AvgIpc) is 2.75. The third kappa shape index (κ3) is 5.02. The molecule has 10 nitrogen and oxygen atoms in total. The van der Waals surface area contributed by atoms with Crippen molar-refractivity contribution in [2.45, 2.75) is 0 Å². The normalized spacial score (nSPS) is 10.3. The Morgan fingerprint density at radius 3 is 2.19 bits per heavy atom. The minimum Gasteiger partial charge on any atom is -0.322 e. The third-order valence-electron chi connectivity index (χ3n) is 4.19. The average molecular weight is 459 g/mol. The molecule has 162 valence electrons. The van der Waals surface area contributed by atoms with Gasteiger partial charge in [0.1, 0.15) is 11.4 Å². The van der Waals surface area contributed by atoms with Crippen LogP contribution in [0, 0.1) is 26.0 Å². The van der Waals surface area contributed by atoms with E-state index in [4.69, 9.17) is 11.6 Å². The number of nitrogens with zero attached hydrogens (tertiary/aromatic N) is 2. The van der Waals surface area contributed by atoms with Crippen molar-refractivity contribution in [3.63, 3.8) is 0 Å². The van der Waals surface area contributed by atoms with Crippen molar-refractivity contribution >= 4 is 46.2 Å². The Morgan fingerprint density at radius 1 is 0.844 bits per heavy atom. The first-order chi connectivity index (χ1) is 15.2. The number of amides is 2. The van der Waals surface area contributed by atoms with E-state index >= 15 is 0 Å². The number of hydrogen-bond donors (Lipinski definition) is 2. The standard InChI is InChI=1S/C20H12ClFN4O6/c21-16-9-13(4-7-17(16)22)23-19(27)11-2-1-3-12(8-11)24-20(28)15-6-5-14(25(29)30)10-18(15)26(31)32/h1-10H,(H,23,27)(H,24,28). The molecule has 0 fully saturated rings. The monoisotopic (exact) mass is 458 g/mol. The Labute approximate surface area is 183 Å². The summed E-state index contributed by atoms with van der Waals surface area (Å²) >= 11 is 5.69. The van der Waals surface area contributed by atoms with Gasteiger partial charge in [-0.2, -0.15) is 0 Å². The van der Waals surface area contributed by atoms with E-state index in [-0.39, 0.29) is 22.0 Å². The molecule has 0 saturated heterocycles. The lowest BCUT2D eigenvalue weighted by atomic mass is 10.1. The van der Waals surface area contributed by atoms with E-state index < -0.39 is 44.4 Å². The maximum atomic E-state index is 13.3. The smallest absolute Gasteiger partial charge is 0.289 e. The van der Waals surface area contributed by atoms with Crippen molar-refractivity contribution in [2.75, 3.05) is 10.6 Å². The Morgan fingerprint density at radius 2 is 1.53 bits per heavy atom. The zero-order valence-electron chi connectivity index (χ0n) is 15.9. The van der Waals surface area contributed by atoms with Crippen molar-refractivity contribution < 1.29 is 23.8 Å². The highest BCUT2D eigenvalue weighted by Gasteiger charge is 2.24. The van der Waals surface area contributed by atoms with E-state index in [9.17, 15) is 34.2 Å². The fraction of sp³-hybridized carbons (Fsp3) is 0. The lowest BCUT2D eigenvalue weighted by Gasteiger charge is -2.09. The molecule has 3 aromatic carbocycles. The van der Waals surface area contributed by atoms with Gasteiger partial charge in [0.05, 0.1) is 20.9 Å². The summed E-state index contributed by atoms with van der Waals surface area (Å²) < 4.78 is 13.3. The predicted octanol–water partition coefficient (Wildman–Crippen LogP) is 4.80. The molecule has 0 saturated carbocycles. The number of benzene rings is 3. The van der Waals surface area contributed by atoms with Crippen molar-refractivity contribution in [1.82, 2.24) is 0 Å². The van der Waals surface area contributed by atoms with Gasteiger partial charge in [0, 0.05) is 23.0 Å². The van der Waals surface area contributed by atoms with Gasteiger partial charge in [-0.3, -0.25) is 29.8 Å². The molecule has 0 radical (unpaired) electrons. The number of nitro groups is 2. The second kappa shape index (κ2) is 9.18. The van der Waals surface area contributed by atoms with Gasteiger partial charge >= 0.3 is 0 Å². The number of nitro benzene ring substituents is 2. The van der Waals surface area contributed by atoms with Gasteiger partial charge < -0.3 is 10.6 Å². The number of nitrogens with one attached hydrogen (secondary N) is 2. The van der Waals surface area contributed by atoms with Gasteiger partial charge in [0.15, 0.2) is 0 Å². The first-order valence-electron chi connectivity index (χ1n) is 8.76. The Hall–Kier alpha value is -4.38. The molecule has 0 aliphatic carbocycles. The highest BCUT2D eigenvalue weighted by atomic mass is 35.5. The van der Waals surface area contributed by atoms with Crippen molar-refractivity contribution in [3.05, 3.63) is 103 Å². The molecule has 32 heavy (non-hydrogen) atoms. The number of rotatable bonds is 6. The Balaban J connectivity index is 1.80. The molecule has 2 N–H and O–H groups in total. The van der Waals surface area contributed by atoms with E-state index in [2.05, 4.69) is 10.6 Å². The number of non-ortho nitro benzene ring substituents is 1. The minimum absolute atomic E-state index is 0.126. The van der Waals surface area contributed by atoms with E-state index in [1.54, 1.807) is 0 Å². The topological polar surface area (TPSA) is 144 Å². The van der Waals surface area contributed by atoms with Gasteiger partial charge in [-0.05, 0) is 42.5 Å². The number of anilines is 2. The molecule has 3 aromatic rings. The van der Waals surface area contributed by atoms with Crippen LogP contribution in [0.2, 0.25) is 5.02 Å². The molecule has 3 rings (SSSR count). The van der Waals surface area contributed by atoms with Crippen LogP contribution in [0.3, 0.4) is 0 Å². The molecule has 0 bridgehead atoms. The minimum atomic E-state index is -0.903. The first kappa shape index (κ1) is 22.3. The van der Waals surface area contributed by atoms with Crippen LogP contribution in [-0.2, 0) is 0 Å². The number of halogens is 2. The van der Waals surface area contributed by atoms with Gasteiger partial charge in [-0.15, -0.1) is 0 Å². The first-order valence-corrected chi connectivity index (χ1v) is 9.14. The molecular weight excluding hydrogens is 447 g/mol. The van der Waals surface area contributed by atoms with Gasteiger partial charge in [0.2, 0.25) is 0 Å². The highest BCUT2D eigenvalue weighted by molar-refractivity contribution is 6.31. The van der Waals surface area contributed by atoms with Gasteiger partial charge in [-0.25, -0.2) is 4.39 Å². The maximum absolute atomic E-state index is 13.3. The fourth-order valence-electron chi connectivity index (χ4n) is 2.69. The second-order valence-electron chi connectivity index (χ2n) is 6.33. The molecule has 0 aliphatic heterocycles. The van der Waals surface area contributed by atoms with Crippen molar-refractivity contribution in [2.24, 2.45) is 0 Å². The quantitative estimate of drug-likeness (QED) is 0.401. The fourth-order valence-corrected chi connectivity index (χ4v) is 2.87. The van der Waals surface area contributed by atoms with Gasteiger partial charge in [-0.1, -0.05) is 17.7 Å². The third-order valence-corrected chi connectivity index (χ3v) is 4.48. The van der Waals surface area contributed by atoms with Crippen LogP contribution >= 0.6 is 11.6 Å². The van der Waals surface area contributed by atoms with Crippen molar-refractivity contribution in [3.8, 4) is 0 Å². The van der Waals surface area contributed by atoms with E-state index in [1.165, 1.54) is 36.4 Å². The van der Waals surface area contributed by atoms with Crippen LogP contribution < -0.4 is 10.6 Å². The summed E-state index contributed by atoms with van der Waals surface area (Å²) in [6.45, 7) is 0. The molecule has 12 heteroatoms. The van der Waals surface area contributed by atoms with Gasteiger partial charge in [0.25, 0.3) is 23.2 Å². The largest absolute Gasteiger partial charge is 0.322 e. The highest BCUT2D eigenvalue weighted by Crippen LogP contribution is 2.26. The van der Waals surface area contributed by atoms with Crippen LogP contribution in [0.5, 0.6) is 0 Å². The SMILES string of the molecule is O=C(Nc1ccc(F)c(Cl)c1)c1cccc(NC(=O)c2ccc([N+](=O)[O-])cc2[N+](=O)[O-])c1. The number of carbonyl (C=O) groups excluding carboxylic acids is 2. The number of hydrogen-bond acceptors (Lipinski definition) is 6. The molecular formula is C20H12ClFN4O6. The predicted molar refractivity (Wildman–Crippen MR) is 114 cm³/mol. The van der Waals surface area contributed by atoms with Crippen LogP contribution in [0.15, 0.2) is 60.7 Å². The summed E-state index contributed by atoms with van der Waals surface area (Å²) in [5.74, 6) is -2.12. The van der Waals surface area contributed by atoms with Crippen molar-refractivity contribution in [1.29, 1.82) is 0 Å². The van der Waals surface area contributed by atoms with E-state index in [0.717, 1.165) is 18.2 Å². The molecule has 0 spiro atoms. The summed E-state index contributed by atoms with van der Waals surface area (Å²) in [5, 5.41) is 26.8. The molecule has 0 aromatic heterocycles. The molecule has 0 atom stereocenters. The maximum Gasteiger partial charge on any atom is 0.289 e. The zero-order chi connectivity index (χ0) is 23.4. The van der Waals surface area contributed by atoms with Crippen LogP contribution in [0.1, 0.15) is 20.7 Å². The summed E-state index contributed by atoms with van der Waals surface area (Å²) in [7, 11) is 0. The molecule has 0 heterocycles. The van der Waals surface area contributed by atoms with E-state index in [0.29, 0.717) is 6.07 Å². The van der Waals surface area contributed by atoms with Crippen LogP contribution in [0.25, 0.3) is 0 Å². The molecule has 0 unspecified atom stereocenters. The molecule has 2 amide bonds. The lowest BCUT2D eigenvalue weighted by molar-refractivity contribution is -0.394. The van der Waals surface area contributed by atoms with Crippen LogP contribution in [-0.4, -0.2) is 21.7 Å². The Bertz CT molecular complexity index is 1270. The van der Waals surface area contributed by atoms with Crippen LogP contribution in [0.4, 0.5) is 27.1 Å². The number of carbonyl (C=O) groups is 2. The lowest BCUT2D eigenvalue weighted by Crippen LogP contribution is -2.16. The zero-order valence-corrected chi connectivity index (χ0v) is 16.6. The molecule has 0 aliphatic rings.